The molecular weight excluding hydrogens is 625 g/mol. The van der Waals surface area contributed by atoms with Gasteiger partial charge < -0.3 is 15.4 Å². The van der Waals surface area contributed by atoms with Crippen molar-refractivity contribution < 1.29 is 49.0 Å². The first-order chi connectivity index (χ1) is 20.8. The molecule has 1 amide bonds. The van der Waals surface area contributed by atoms with E-state index < -0.39 is 71.6 Å². The van der Waals surface area contributed by atoms with Gasteiger partial charge in [-0.1, -0.05) is 5.10 Å². The number of benzene rings is 2. The number of hydrogen-bond acceptors (Lipinski definition) is 7. The predicted molar refractivity (Wildman–Crippen MR) is 142 cm³/mol. The zero-order chi connectivity index (χ0) is 33.5. The molecule has 0 spiro atoms. The SMILES string of the molecule is CC(C)OC(=O)N1c2ccc(C(F)(F)F)cc2[C@H](N(Cc2cc(C(F)(F)F)cc(C(F)(F)F)c2)c2nnn(CCN)n2)C[C@@H]1C. The summed E-state index contributed by atoms with van der Waals surface area (Å²) in [6, 6.07) is 1.63. The molecule has 0 aliphatic carbocycles. The van der Waals surface area contributed by atoms with Crippen molar-refractivity contribution in [3.05, 3.63) is 64.2 Å². The summed E-state index contributed by atoms with van der Waals surface area (Å²) in [6.07, 6.45) is -16.7. The minimum absolute atomic E-state index is 0.00299. The van der Waals surface area contributed by atoms with Gasteiger partial charge in [0.2, 0.25) is 0 Å². The van der Waals surface area contributed by atoms with Crippen molar-refractivity contribution in [3.63, 3.8) is 0 Å². The van der Waals surface area contributed by atoms with E-state index in [1.54, 1.807) is 20.8 Å². The second-order valence-electron chi connectivity index (χ2n) is 10.7. The van der Waals surface area contributed by atoms with Crippen molar-refractivity contribution in [2.24, 2.45) is 5.73 Å². The van der Waals surface area contributed by atoms with Crippen molar-refractivity contribution in [1.29, 1.82) is 0 Å². The topological polar surface area (TPSA) is 102 Å². The second-order valence-corrected chi connectivity index (χ2v) is 10.7. The summed E-state index contributed by atoms with van der Waals surface area (Å²) in [4.78, 5) is 16.4. The maximum atomic E-state index is 13.9. The van der Waals surface area contributed by atoms with Crippen LogP contribution in [0.15, 0.2) is 36.4 Å². The number of alkyl halides is 9. The lowest BCUT2D eigenvalue weighted by Crippen LogP contribution is -2.47. The van der Waals surface area contributed by atoms with Gasteiger partial charge in [-0.15, -0.1) is 5.10 Å². The zero-order valence-electron chi connectivity index (χ0n) is 24.0. The van der Waals surface area contributed by atoms with Gasteiger partial charge in [-0.25, -0.2) is 4.79 Å². The van der Waals surface area contributed by atoms with E-state index in [2.05, 4.69) is 15.4 Å². The number of fused-ring (bicyclic) bond motifs is 1. The van der Waals surface area contributed by atoms with E-state index in [4.69, 9.17) is 10.5 Å². The number of carbonyl (C=O) groups is 1. The summed E-state index contributed by atoms with van der Waals surface area (Å²) < 4.78 is 129. The van der Waals surface area contributed by atoms with Crippen LogP contribution in [0.25, 0.3) is 0 Å². The number of hydrogen-bond donors (Lipinski definition) is 1. The summed E-state index contributed by atoms with van der Waals surface area (Å²) in [5.41, 5.74) is 0.688. The first-order valence-electron chi connectivity index (χ1n) is 13.5. The maximum Gasteiger partial charge on any atom is 0.416 e. The number of tetrazole rings is 1. The van der Waals surface area contributed by atoms with E-state index in [9.17, 15) is 44.3 Å². The Morgan fingerprint density at radius 2 is 1.58 bits per heavy atom. The van der Waals surface area contributed by atoms with Crippen molar-refractivity contribution in [1.82, 2.24) is 20.2 Å². The number of amides is 1. The van der Waals surface area contributed by atoms with Crippen LogP contribution in [0, 0.1) is 0 Å². The molecule has 45 heavy (non-hydrogen) atoms. The Hall–Kier alpha value is -4.09. The van der Waals surface area contributed by atoms with Gasteiger partial charge in [0, 0.05) is 19.1 Å². The van der Waals surface area contributed by atoms with Crippen molar-refractivity contribution in [3.8, 4) is 0 Å². The molecule has 0 unspecified atom stereocenters. The van der Waals surface area contributed by atoms with Crippen LogP contribution >= 0.6 is 0 Å². The third kappa shape index (κ3) is 7.59. The molecule has 0 radical (unpaired) electrons. The summed E-state index contributed by atoms with van der Waals surface area (Å²) >= 11 is 0. The number of halogens is 9. The normalized spacial score (nSPS) is 17.4. The number of nitrogens with two attached hydrogens (primary N) is 1. The molecule has 2 heterocycles. The highest BCUT2D eigenvalue weighted by molar-refractivity contribution is 5.90. The molecule has 0 fully saturated rings. The molecule has 0 saturated carbocycles. The van der Waals surface area contributed by atoms with Gasteiger partial charge in [-0.3, -0.25) is 4.90 Å². The number of rotatable bonds is 7. The zero-order valence-corrected chi connectivity index (χ0v) is 24.0. The second kappa shape index (κ2) is 12.4. The molecule has 1 aromatic heterocycles. The smallest absolute Gasteiger partial charge is 0.416 e. The van der Waals surface area contributed by atoms with Gasteiger partial charge in [0.25, 0.3) is 5.95 Å². The highest BCUT2D eigenvalue weighted by Crippen LogP contribution is 2.45. The summed E-state index contributed by atoms with van der Waals surface area (Å²) in [5.74, 6) is -0.298. The molecular formula is C27H28F9N7O2. The number of carbonyl (C=O) groups excluding carboxylic acids is 1. The standard InChI is InChI=1S/C27H28F9N7O2/c1-14(2)45-24(44)43-15(3)8-22(20-12-17(25(28,29)30)4-5-21(20)43)41(23-38-40-42(39-23)7-6-37)13-16-9-18(26(31,32)33)11-19(10-16)27(34,35)36/h4-5,9-12,14-15,22H,6-8,13,37H2,1-3H3/t15-,22+/m0/s1. The molecule has 9 nitrogen and oxygen atoms in total. The maximum absolute atomic E-state index is 13.9. The molecule has 2 N–H and O–H groups in total. The van der Waals surface area contributed by atoms with Crippen molar-refractivity contribution in [2.75, 3.05) is 16.3 Å². The van der Waals surface area contributed by atoms with E-state index >= 15 is 0 Å². The minimum atomic E-state index is -5.14. The first-order valence-corrected chi connectivity index (χ1v) is 13.5. The van der Waals surface area contributed by atoms with Crippen LogP contribution in [0.3, 0.4) is 0 Å². The highest BCUT2D eigenvalue weighted by atomic mass is 19.4. The van der Waals surface area contributed by atoms with Gasteiger partial charge in [0.15, 0.2) is 0 Å². The van der Waals surface area contributed by atoms with Gasteiger partial charge >= 0.3 is 24.6 Å². The molecule has 0 bridgehead atoms. The Morgan fingerprint density at radius 3 is 2.11 bits per heavy atom. The van der Waals surface area contributed by atoms with Crippen LogP contribution in [-0.2, 0) is 36.4 Å². The highest BCUT2D eigenvalue weighted by Gasteiger charge is 2.42. The van der Waals surface area contributed by atoms with E-state index in [-0.39, 0.29) is 42.8 Å². The Kier molecular flexibility index (Phi) is 9.28. The third-order valence-corrected chi connectivity index (χ3v) is 6.92. The van der Waals surface area contributed by atoms with E-state index in [0.717, 1.165) is 32.8 Å². The molecule has 1 aliphatic rings. The van der Waals surface area contributed by atoms with Crippen LogP contribution in [-0.4, -0.2) is 45.0 Å². The number of aromatic nitrogens is 4. The fraction of sp³-hybridized carbons (Fsp3) is 0.481. The lowest BCUT2D eigenvalue weighted by atomic mass is 9.89. The van der Waals surface area contributed by atoms with Gasteiger partial charge in [0.1, 0.15) is 0 Å². The lowest BCUT2D eigenvalue weighted by Gasteiger charge is -2.43. The molecule has 0 saturated heterocycles. The number of nitrogens with zero attached hydrogens (tertiary/aromatic N) is 6. The summed E-state index contributed by atoms with van der Waals surface area (Å²) in [5, 5.41) is 11.9. The van der Waals surface area contributed by atoms with Crippen molar-refractivity contribution >= 4 is 17.7 Å². The molecule has 4 rings (SSSR count). The largest absolute Gasteiger partial charge is 0.446 e. The quantitative estimate of drug-likeness (QED) is 0.288. The Morgan fingerprint density at radius 1 is 0.978 bits per heavy atom. The van der Waals surface area contributed by atoms with E-state index in [1.165, 1.54) is 0 Å². The van der Waals surface area contributed by atoms with Crippen LogP contribution in [0.1, 0.15) is 61.1 Å². The first kappa shape index (κ1) is 33.8. The minimum Gasteiger partial charge on any atom is -0.446 e. The molecule has 18 heteroatoms. The third-order valence-electron chi connectivity index (χ3n) is 6.92. The summed E-state index contributed by atoms with van der Waals surface area (Å²) in [6.45, 7) is 4.09. The van der Waals surface area contributed by atoms with Crippen LogP contribution in [0.2, 0.25) is 0 Å². The average Bonchev–Trinajstić information content (AvgIpc) is 3.37. The average molecular weight is 654 g/mol. The molecule has 2 aromatic carbocycles. The molecule has 2 atom stereocenters. The van der Waals surface area contributed by atoms with E-state index in [0.29, 0.717) is 12.1 Å². The van der Waals surface area contributed by atoms with Crippen LogP contribution in [0.4, 0.5) is 55.9 Å². The Labute approximate surface area is 250 Å². The van der Waals surface area contributed by atoms with Gasteiger partial charge in [-0.05, 0) is 79.9 Å². The van der Waals surface area contributed by atoms with Crippen LogP contribution < -0.4 is 15.5 Å². The lowest BCUT2D eigenvalue weighted by molar-refractivity contribution is -0.143. The Bertz CT molecular complexity index is 1490. The fourth-order valence-corrected chi connectivity index (χ4v) is 5.03. The summed E-state index contributed by atoms with van der Waals surface area (Å²) in [7, 11) is 0. The number of anilines is 2. The van der Waals surface area contributed by atoms with Gasteiger partial charge in [-0.2, -0.15) is 44.3 Å². The van der Waals surface area contributed by atoms with E-state index in [1.807, 2.05) is 0 Å². The van der Waals surface area contributed by atoms with Crippen LogP contribution in [0.5, 0.6) is 0 Å². The van der Waals surface area contributed by atoms with Gasteiger partial charge in [0.05, 0.1) is 41.1 Å². The fourth-order valence-electron chi connectivity index (χ4n) is 5.03. The number of ether oxygens (including phenoxy) is 1. The van der Waals surface area contributed by atoms with Crippen molar-refractivity contribution in [2.45, 2.75) is 77.0 Å². The predicted octanol–water partition coefficient (Wildman–Crippen LogP) is 6.58. The molecule has 1 aliphatic heterocycles. The molecule has 246 valence electrons. The Balaban J connectivity index is 1.93. The monoisotopic (exact) mass is 653 g/mol. The molecule has 3 aromatic rings.